The van der Waals surface area contributed by atoms with E-state index in [4.69, 9.17) is 16.3 Å². The number of halogens is 2. The topological polar surface area (TPSA) is 21.3 Å². The van der Waals surface area contributed by atoms with E-state index in [1.807, 2.05) is 6.07 Å². The van der Waals surface area contributed by atoms with Crippen molar-refractivity contribution in [2.75, 3.05) is 6.54 Å². The van der Waals surface area contributed by atoms with Crippen molar-refractivity contribution in [1.29, 1.82) is 0 Å². The van der Waals surface area contributed by atoms with Crippen molar-refractivity contribution in [3.8, 4) is 0 Å². The number of hydrogen-bond acceptors (Lipinski definition) is 2. The van der Waals surface area contributed by atoms with Crippen LogP contribution in [-0.4, -0.2) is 24.8 Å². The predicted octanol–water partition coefficient (Wildman–Crippen LogP) is 4.58. The predicted molar refractivity (Wildman–Crippen MR) is 88.5 cm³/mol. The zero-order valence-electron chi connectivity index (χ0n) is 12.2. The lowest BCUT2D eigenvalue weighted by molar-refractivity contribution is 0.0321. The molecule has 1 N–H and O–H groups in total. The summed E-state index contributed by atoms with van der Waals surface area (Å²) in [5, 5.41) is 4.45. The second-order valence-electron chi connectivity index (χ2n) is 5.56. The third-order valence-electron chi connectivity index (χ3n) is 3.83. The summed E-state index contributed by atoms with van der Waals surface area (Å²) in [5.41, 5.74) is 1.19. The van der Waals surface area contributed by atoms with E-state index in [-0.39, 0.29) is 0 Å². The lowest BCUT2D eigenvalue weighted by atomic mass is 9.99. The quantitative estimate of drug-likeness (QED) is 0.801. The van der Waals surface area contributed by atoms with Gasteiger partial charge in [0.15, 0.2) is 0 Å². The summed E-state index contributed by atoms with van der Waals surface area (Å²) in [6.07, 6.45) is 5.03. The maximum Gasteiger partial charge on any atom is 0.0735 e. The van der Waals surface area contributed by atoms with Gasteiger partial charge in [0.2, 0.25) is 0 Å². The Morgan fingerprint density at radius 2 is 2.25 bits per heavy atom. The molecule has 112 valence electrons. The second-order valence-corrected chi connectivity index (χ2v) is 6.89. The molecule has 1 saturated heterocycles. The Bertz CT molecular complexity index is 440. The largest absolute Gasteiger partial charge is 0.374 e. The lowest BCUT2D eigenvalue weighted by Crippen LogP contribution is -2.42. The minimum atomic E-state index is 0.302. The van der Waals surface area contributed by atoms with Gasteiger partial charge in [-0.15, -0.1) is 0 Å². The number of ether oxygens (including phenoxy) is 1. The van der Waals surface area contributed by atoms with E-state index >= 15 is 0 Å². The SMILES string of the molecule is CCCNC(Cc1ccc(Br)cc1Cl)C1CCC(C)O1. The van der Waals surface area contributed by atoms with Crippen LogP contribution in [0.1, 0.15) is 38.7 Å². The molecule has 0 spiro atoms. The van der Waals surface area contributed by atoms with Crippen LogP contribution in [0.2, 0.25) is 5.02 Å². The molecule has 0 bridgehead atoms. The molecule has 1 heterocycles. The highest BCUT2D eigenvalue weighted by molar-refractivity contribution is 9.10. The van der Waals surface area contributed by atoms with Crippen LogP contribution in [0.25, 0.3) is 0 Å². The van der Waals surface area contributed by atoms with Gasteiger partial charge < -0.3 is 10.1 Å². The molecule has 0 aromatic heterocycles. The first-order valence-corrected chi connectivity index (χ1v) is 8.60. The summed E-state index contributed by atoms with van der Waals surface area (Å²) in [5.74, 6) is 0. The van der Waals surface area contributed by atoms with Crippen molar-refractivity contribution in [2.45, 2.75) is 57.8 Å². The first-order chi connectivity index (χ1) is 9.60. The first kappa shape index (κ1) is 16.3. The third-order valence-corrected chi connectivity index (χ3v) is 4.67. The average Bonchev–Trinajstić information content (AvgIpc) is 2.83. The van der Waals surface area contributed by atoms with E-state index in [0.717, 1.165) is 41.7 Å². The minimum absolute atomic E-state index is 0.302. The van der Waals surface area contributed by atoms with E-state index in [1.165, 1.54) is 5.56 Å². The monoisotopic (exact) mass is 359 g/mol. The van der Waals surface area contributed by atoms with E-state index in [2.05, 4.69) is 47.2 Å². The van der Waals surface area contributed by atoms with Crippen molar-refractivity contribution in [2.24, 2.45) is 0 Å². The Hall–Kier alpha value is -0.0900. The smallest absolute Gasteiger partial charge is 0.0735 e. The number of rotatable bonds is 6. The summed E-state index contributed by atoms with van der Waals surface area (Å²) in [6, 6.07) is 6.46. The molecule has 0 amide bonds. The Morgan fingerprint density at radius 1 is 1.45 bits per heavy atom. The molecule has 1 aliphatic heterocycles. The van der Waals surface area contributed by atoms with Crippen LogP contribution >= 0.6 is 27.5 Å². The van der Waals surface area contributed by atoms with Crippen LogP contribution in [0.15, 0.2) is 22.7 Å². The minimum Gasteiger partial charge on any atom is -0.374 e. The van der Waals surface area contributed by atoms with Crippen LogP contribution < -0.4 is 5.32 Å². The molecule has 1 fully saturated rings. The average molecular weight is 361 g/mol. The Morgan fingerprint density at radius 3 is 2.85 bits per heavy atom. The van der Waals surface area contributed by atoms with Gasteiger partial charge in [-0.25, -0.2) is 0 Å². The van der Waals surface area contributed by atoms with Crippen LogP contribution in [0.5, 0.6) is 0 Å². The summed E-state index contributed by atoms with van der Waals surface area (Å²) >= 11 is 9.80. The zero-order valence-corrected chi connectivity index (χ0v) is 14.5. The Balaban J connectivity index is 2.06. The molecule has 0 radical (unpaired) electrons. The molecule has 3 unspecified atom stereocenters. The molecule has 2 rings (SSSR count). The zero-order chi connectivity index (χ0) is 14.5. The number of benzene rings is 1. The van der Waals surface area contributed by atoms with Crippen LogP contribution in [0, 0.1) is 0 Å². The van der Waals surface area contributed by atoms with Crippen LogP contribution in [0.4, 0.5) is 0 Å². The van der Waals surface area contributed by atoms with Gasteiger partial charge in [0.25, 0.3) is 0 Å². The molecule has 1 aliphatic rings. The molecule has 1 aromatic rings. The first-order valence-electron chi connectivity index (χ1n) is 7.43. The molecular weight excluding hydrogens is 338 g/mol. The maximum atomic E-state index is 6.34. The van der Waals surface area contributed by atoms with E-state index < -0.39 is 0 Å². The van der Waals surface area contributed by atoms with E-state index in [1.54, 1.807) is 0 Å². The van der Waals surface area contributed by atoms with Crippen molar-refractivity contribution in [1.82, 2.24) is 5.32 Å². The standard InChI is InChI=1S/C16H23BrClNO/c1-3-8-19-15(16-7-4-11(2)20-16)9-12-5-6-13(17)10-14(12)18/h5-6,10-11,15-16,19H,3-4,7-9H2,1-2H3. The molecule has 1 aromatic carbocycles. The van der Waals surface area contributed by atoms with Crippen molar-refractivity contribution >= 4 is 27.5 Å². The molecule has 2 nitrogen and oxygen atoms in total. The lowest BCUT2D eigenvalue weighted by Gasteiger charge is -2.25. The van der Waals surface area contributed by atoms with Gasteiger partial charge in [-0.05, 0) is 56.8 Å². The number of nitrogens with one attached hydrogen (secondary N) is 1. The van der Waals surface area contributed by atoms with Gasteiger partial charge in [-0.3, -0.25) is 0 Å². The molecule has 0 aliphatic carbocycles. The molecule has 3 atom stereocenters. The fourth-order valence-electron chi connectivity index (χ4n) is 2.72. The third kappa shape index (κ3) is 4.45. The summed E-state index contributed by atoms with van der Waals surface area (Å²) < 4.78 is 7.06. The van der Waals surface area contributed by atoms with Crippen molar-refractivity contribution in [3.05, 3.63) is 33.3 Å². The summed E-state index contributed by atoms with van der Waals surface area (Å²) in [6.45, 7) is 5.37. The van der Waals surface area contributed by atoms with Gasteiger partial charge in [0.1, 0.15) is 0 Å². The van der Waals surface area contributed by atoms with Crippen LogP contribution in [-0.2, 0) is 11.2 Å². The summed E-state index contributed by atoms with van der Waals surface area (Å²) in [4.78, 5) is 0. The van der Waals surface area contributed by atoms with Crippen molar-refractivity contribution < 1.29 is 4.74 Å². The van der Waals surface area contributed by atoms with Gasteiger partial charge in [0.05, 0.1) is 12.2 Å². The Labute approximate surface area is 135 Å². The van der Waals surface area contributed by atoms with E-state index in [9.17, 15) is 0 Å². The van der Waals surface area contributed by atoms with Crippen LogP contribution in [0.3, 0.4) is 0 Å². The normalized spacial score (nSPS) is 24.0. The molecule has 4 heteroatoms. The molecule has 0 saturated carbocycles. The molecular formula is C16H23BrClNO. The fraction of sp³-hybridized carbons (Fsp3) is 0.625. The van der Waals surface area contributed by atoms with Gasteiger partial charge in [-0.1, -0.05) is 40.5 Å². The van der Waals surface area contributed by atoms with Gasteiger partial charge >= 0.3 is 0 Å². The highest BCUT2D eigenvalue weighted by Gasteiger charge is 2.29. The molecule has 20 heavy (non-hydrogen) atoms. The Kier molecular flexibility index (Phi) is 6.34. The highest BCUT2D eigenvalue weighted by atomic mass is 79.9. The maximum absolute atomic E-state index is 6.34. The van der Waals surface area contributed by atoms with Gasteiger partial charge in [-0.2, -0.15) is 0 Å². The van der Waals surface area contributed by atoms with Crippen molar-refractivity contribution in [3.63, 3.8) is 0 Å². The van der Waals surface area contributed by atoms with E-state index in [0.29, 0.717) is 18.2 Å². The summed E-state index contributed by atoms with van der Waals surface area (Å²) in [7, 11) is 0. The fourth-order valence-corrected chi connectivity index (χ4v) is 3.47. The highest BCUT2D eigenvalue weighted by Crippen LogP contribution is 2.27. The second kappa shape index (κ2) is 7.79. The van der Waals surface area contributed by atoms with Gasteiger partial charge in [0, 0.05) is 15.5 Å². The number of hydrogen-bond donors (Lipinski definition) is 1.